The summed E-state index contributed by atoms with van der Waals surface area (Å²) in [4.78, 5) is 34.8. The van der Waals surface area contributed by atoms with Crippen LogP contribution in [-0.2, 0) is 19.1 Å². The molecular weight excluding hydrogens is 278 g/mol. The quantitative estimate of drug-likeness (QED) is 0.749. The number of ether oxygens (including phenoxy) is 2. The van der Waals surface area contributed by atoms with Gasteiger partial charge in [-0.25, -0.2) is 4.79 Å². The molecule has 120 valence electrons. The van der Waals surface area contributed by atoms with E-state index in [1.54, 1.807) is 27.7 Å². The lowest BCUT2D eigenvalue weighted by Gasteiger charge is -2.52. The van der Waals surface area contributed by atoms with Crippen LogP contribution in [0.5, 0.6) is 0 Å². The van der Waals surface area contributed by atoms with Crippen molar-refractivity contribution in [1.29, 1.82) is 0 Å². The molecule has 1 fully saturated rings. The predicted octanol–water partition coefficient (Wildman–Crippen LogP) is 0.927. The van der Waals surface area contributed by atoms with Gasteiger partial charge in [-0.1, -0.05) is 0 Å². The molecule has 0 aliphatic heterocycles. The Morgan fingerprint density at radius 1 is 1.24 bits per heavy atom. The number of Topliss-reactive ketones (excluding diaryl/α,β-unsaturated/α-hetero) is 1. The average molecular weight is 301 g/mol. The first-order valence-electron chi connectivity index (χ1n) is 6.76. The summed E-state index contributed by atoms with van der Waals surface area (Å²) in [6, 6.07) is 0. The minimum Gasteiger partial charge on any atom is -0.459 e. The molecule has 7 nitrogen and oxygen atoms in total. The molecule has 2 N–H and O–H groups in total. The Bertz CT molecular complexity index is 445. The highest BCUT2D eigenvalue weighted by Gasteiger charge is 2.59. The van der Waals surface area contributed by atoms with Crippen LogP contribution in [-0.4, -0.2) is 46.3 Å². The van der Waals surface area contributed by atoms with Crippen molar-refractivity contribution >= 4 is 17.8 Å². The highest BCUT2D eigenvalue weighted by molar-refractivity contribution is 5.94. The van der Waals surface area contributed by atoms with Crippen LogP contribution in [0.25, 0.3) is 0 Å². The Hall–Kier alpha value is -1.63. The second-order valence-electron chi connectivity index (χ2n) is 6.69. The van der Waals surface area contributed by atoms with Gasteiger partial charge in [-0.3, -0.25) is 9.59 Å². The van der Waals surface area contributed by atoms with Gasteiger partial charge in [0.05, 0.1) is 0 Å². The Labute approximate surface area is 124 Å². The number of amides is 1. The number of alkyl carbamates (subject to hydrolysis) is 1. The summed E-state index contributed by atoms with van der Waals surface area (Å²) in [6.07, 6.45) is -0.523. The van der Waals surface area contributed by atoms with E-state index < -0.39 is 41.2 Å². The largest absolute Gasteiger partial charge is 0.459 e. The van der Waals surface area contributed by atoms with Gasteiger partial charge in [0.2, 0.25) is 0 Å². The van der Waals surface area contributed by atoms with E-state index in [-0.39, 0.29) is 12.8 Å². The number of hydrogen-bond donors (Lipinski definition) is 2. The average Bonchev–Trinajstić information content (AvgIpc) is 2.21. The van der Waals surface area contributed by atoms with Gasteiger partial charge in [0.15, 0.2) is 5.78 Å². The summed E-state index contributed by atoms with van der Waals surface area (Å²) in [5.74, 6) is -0.988. The topological polar surface area (TPSA) is 102 Å². The monoisotopic (exact) mass is 301 g/mol. The SMILES string of the molecule is CC(=O)OC1(C)CC(NC(=O)OC(C)(C)C)(C(=O)CO)C1. The highest BCUT2D eigenvalue weighted by atomic mass is 16.6. The number of carbonyl (C=O) groups is 3. The summed E-state index contributed by atoms with van der Waals surface area (Å²) >= 11 is 0. The fourth-order valence-electron chi connectivity index (χ4n) is 2.65. The van der Waals surface area contributed by atoms with Crippen LogP contribution in [0.1, 0.15) is 47.5 Å². The van der Waals surface area contributed by atoms with Crippen LogP contribution >= 0.6 is 0 Å². The molecule has 0 aromatic carbocycles. The maximum Gasteiger partial charge on any atom is 0.408 e. The maximum absolute atomic E-state index is 11.9. The van der Waals surface area contributed by atoms with E-state index in [2.05, 4.69) is 5.32 Å². The molecule has 0 heterocycles. The van der Waals surface area contributed by atoms with Gasteiger partial charge in [0, 0.05) is 19.8 Å². The molecule has 1 aliphatic rings. The number of hydrogen-bond acceptors (Lipinski definition) is 6. The standard InChI is InChI=1S/C14H23NO6/c1-9(17)20-13(5)7-14(8-13,10(18)6-16)15-11(19)21-12(2,3)4/h16H,6-8H2,1-5H3,(H,15,19). The van der Waals surface area contributed by atoms with Gasteiger partial charge < -0.3 is 19.9 Å². The summed E-state index contributed by atoms with van der Waals surface area (Å²) in [6.45, 7) is 7.37. The van der Waals surface area contributed by atoms with Gasteiger partial charge >= 0.3 is 12.1 Å². The Balaban J connectivity index is 2.79. The van der Waals surface area contributed by atoms with Gasteiger partial charge in [0.25, 0.3) is 0 Å². The van der Waals surface area contributed by atoms with Gasteiger partial charge in [-0.15, -0.1) is 0 Å². The fraction of sp³-hybridized carbons (Fsp3) is 0.786. The number of nitrogens with one attached hydrogen (secondary N) is 1. The molecule has 0 spiro atoms. The highest BCUT2D eigenvalue weighted by Crippen LogP contribution is 2.44. The van der Waals surface area contributed by atoms with Crippen LogP contribution in [0.15, 0.2) is 0 Å². The molecule has 21 heavy (non-hydrogen) atoms. The minimum absolute atomic E-state index is 0.109. The molecule has 0 atom stereocenters. The van der Waals surface area contributed by atoms with E-state index in [1.807, 2.05) is 0 Å². The lowest BCUT2D eigenvalue weighted by atomic mass is 9.63. The number of rotatable bonds is 4. The number of carbonyl (C=O) groups excluding carboxylic acids is 3. The van der Waals surface area contributed by atoms with E-state index in [1.165, 1.54) is 6.92 Å². The first kappa shape index (κ1) is 17.4. The molecular formula is C14H23NO6. The smallest absolute Gasteiger partial charge is 0.408 e. The lowest BCUT2D eigenvalue weighted by molar-refractivity contribution is -0.178. The fourth-order valence-corrected chi connectivity index (χ4v) is 2.65. The molecule has 0 aromatic heterocycles. The molecule has 1 amide bonds. The number of ketones is 1. The number of esters is 1. The van der Waals surface area contributed by atoms with Crippen LogP contribution in [0, 0.1) is 0 Å². The van der Waals surface area contributed by atoms with E-state index in [0.29, 0.717) is 0 Å². The van der Waals surface area contributed by atoms with Crippen molar-refractivity contribution in [3.63, 3.8) is 0 Å². The lowest BCUT2D eigenvalue weighted by Crippen LogP contribution is -2.70. The minimum atomic E-state index is -1.25. The Morgan fingerprint density at radius 2 is 1.76 bits per heavy atom. The zero-order valence-corrected chi connectivity index (χ0v) is 13.1. The van der Waals surface area contributed by atoms with E-state index >= 15 is 0 Å². The molecule has 0 aromatic rings. The van der Waals surface area contributed by atoms with E-state index in [4.69, 9.17) is 14.6 Å². The third-order valence-corrected chi connectivity index (χ3v) is 3.16. The third-order valence-electron chi connectivity index (χ3n) is 3.16. The molecule has 1 saturated carbocycles. The molecule has 1 rings (SSSR count). The van der Waals surface area contributed by atoms with Crippen molar-refractivity contribution in [3.05, 3.63) is 0 Å². The number of aliphatic hydroxyl groups excluding tert-OH is 1. The Kier molecular flexibility index (Phi) is 4.67. The molecule has 0 bridgehead atoms. The molecule has 7 heteroatoms. The van der Waals surface area contributed by atoms with Crippen LogP contribution in [0.2, 0.25) is 0 Å². The van der Waals surface area contributed by atoms with Crippen LogP contribution in [0.3, 0.4) is 0 Å². The normalized spacial score (nSPS) is 28.3. The van der Waals surface area contributed by atoms with Crippen molar-refractivity contribution < 1.29 is 29.0 Å². The van der Waals surface area contributed by atoms with Gasteiger partial charge in [-0.05, 0) is 27.7 Å². The molecule has 0 unspecified atom stereocenters. The molecule has 0 radical (unpaired) electrons. The van der Waals surface area contributed by atoms with Crippen molar-refractivity contribution in [2.75, 3.05) is 6.61 Å². The van der Waals surface area contributed by atoms with Gasteiger partial charge in [-0.2, -0.15) is 0 Å². The summed E-state index contributed by atoms with van der Waals surface area (Å²) < 4.78 is 10.3. The van der Waals surface area contributed by atoms with Crippen LogP contribution in [0.4, 0.5) is 4.79 Å². The summed E-state index contributed by atoms with van der Waals surface area (Å²) in [5, 5.41) is 11.6. The Morgan fingerprint density at radius 3 is 2.14 bits per heavy atom. The first-order chi connectivity index (χ1) is 9.41. The van der Waals surface area contributed by atoms with E-state index in [9.17, 15) is 14.4 Å². The van der Waals surface area contributed by atoms with E-state index in [0.717, 1.165) is 0 Å². The zero-order valence-electron chi connectivity index (χ0n) is 13.1. The van der Waals surface area contributed by atoms with Crippen molar-refractivity contribution in [2.24, 2.45) is 0 Å². The summed E-state index contributed by atoms with van der Waals surface area (Å²) in [5.41, 5.74) is -2.77. The van der Waals surface area contributed by atoms with Crippen molar-refractivity contribution in [1.82, 2.24) is 5.32 Å². The number of aliphatic hydroxyl groups is 1. The van der Waals surface area contributed by atoms with Crippen molar-refractivity contribution in [3.8, 4) is 0 Å². The predicted molar refractivity (Wildman–Crippen MR) is 73.6 cm³/mol. The summed E-state index contributed by atoms with van der Waals surface area (Å²) in [7, 11) is 0. The van der Waals surface area contributed by atoms with Gasteiger partial charge in [0.1, 0.15) is 23.3 Å². The third kappa shape index (κ3) is 4.42. The first-order valence-corrected chi connectivity index (χ1v) is 6.76. The second kappa shape index (κ2) is 5.63. The molecule has 1 aliphatic carbocycles. The zero-order chi connectivity index (χ0) is 16.5. The maximum atomic E-state index is 11.9. The van der Waals surface area contributed by atoms with Crippen LogP contribution < -0.4 is 5.32 Å². The molecule has 0 saturated heterocycles. The second-order valence-corrected chi connectivity index (χ2v) is 6.69. The van der Waals surface area contributed by atoms with Crippen molar-refractivity contribution in [2.45, 2.75) is 64.2 Å².